The highest BCUT2D eigenvalue weighted by Crippen LogP contribution is 1.90. The van der Waals surface area contributed by atoms with E-state index in [1.54, 1.807) is 0 Å². The molecule has 0 aliphatic heterocycles. The summed E-state index contributed by atoms with van der Waals surface area (Å²) in [6.45, 7) is 11.6. The molecule has 0 atom stereocenters. The molecular formula is C11H25N2. The van der Waals surface area contributed by atoms with Gasteiger partial charge in [-0.1, -0.05) is 33.6 Å². The maximum atomic E-state index is 3.81. The van der Waals surface area contributed by atoms with E-state index in [2.05, 4.69) is 31.4 Å². The molecule has 13 heavy (non-hydrogen) atoms. The zero-order valence-electron chi connectivity index (χ0n) is 9.23. The van der Waals surface area contributed by atoms with Gasteiger partial charge in [-0.25, -0.2) is 0 Å². The van der Waals surface area contributed by atoms with E-state index in [-0.39, 0.29) is 0 Å². The molecule has 0 bridgehead atoms. The van der Waals surface area contributed by atoms with Crippen LogP contribution in [0, 0.1) is 6.92 Å². The summed E-state index contributed by atoms with van der Waals surface area (Å²) in [7, 11) is 0. The first-order chi connectivity index (χ1) is 6.27. The number of hydrogen-bond donors (Lipinski definition) is 2. The second-order valence-corrected chi connectivity index (χ2v) is 3.77. The molecular weight excluding hydrogens is 160 g/mol. The summed E-state index contributed by atoms with van der Waals surface area (Å²) in [6.07, 6.45) is 4.80. The molecule has 0 amide bonds. The fraction of sp³-hybridized carbons (Fsp3) is 0.909. The molecule has 79 valence electrons. The normalized spacial score (nSPS) is 11.1. The third kappa shape index (κ3) is 11.9. The largest absolute Gasteiger partial charge is 0.317 e. The molecule has 0 aromatic carbocycles. The van der Waals surface area contributed by atoms with Crippen molar-refractivity contribution in [2.45, 2.75) is 45.6 Å². The van der Waals surface area contributed by atoms with E-state index < -0.39 is 0 Å². The van der Waals surface area contributed by atoms with E-state index in [4.69, 9.17) is 0 Å². The lowest BCUT2D eigenvalue weighted by Crippen LogP contribution is -2.27. The Balaban J connectivity index is 2.84. The Morgan fingerprint density at radius 2 is 1.69 bits per heavy atom. The highest BCUT2D eigenvalue weighted by molar-refractivity contribution is 4.55. The van der Waals surface area contributed by atoms with E-state index in [0.717, 1.165) is 26.1 Å². The smallest absolute Gasteiger partial charge is 0.00103 e. The summed E-state index contributed by atoms with van der Waals surface area (Å²) in [5.74, 6) is 0. The molecule has 2 N–H and O–H groups in total. The monoisotopic (exact) mass is 185 g/mol. The highest BCUT2D eigenvalue weighted by Gasteiger charge is 1.91. The molecule has 2 heteroatoms. The van der Waals surface area contributed by atoms with Crippen molar-refractivity contribution in [2.24, 2.45) is 0 Å². The second-order valence-electron chi connectivity index (χ2n) is 3.77. The van der Waals surface area contributed by atoms with Gasteiger partial charge in [0.25, 0.3) is 0 Å². The SMILES string of the molecule is [CH2]CCCCNCCCNC(C)C. The van der Waals surface area contributed by atoms with Crippen LogP contribution in [0.15, 0.2) is 0 Å². The standard InChI is InChI=1S/C11H25N2/c1-4-5-6-8-12-9-7-10-13-11(2)3/h11-13H,1,4-10H2,2-3H3. The lowest BCUT2D eigenvalue weighted by molar-refractivity contribution is 0.540. The van der Waals surface area contributed by atoms with Crippen LogP contribution < -0.4 is 10.6 Å². The number of rotatable bonds is 9. The molecule has 0 aromatic rings. The van der Waals surface area contributed by atoms with Crippen molar-refractivity contribution < 1.29 is 0 Å². The third-order valence-electron chi connectivity index (χ3n) is 1.94. The van der Waals surface area contributed by atoms with Crippen molar-refractivity contribution in [3.63, 3.8) is 0 Å². The maximum absolute atomic E-state index is 3.81. The van der Waals surface area contributed by atoms with Gasteiger partial charge in [0, 0.05) is 6.04 Å². The summed E-state index contributed by atoms with van der Waals surface area (Å²) in [5, 5.41) is 6.82. The average Bonchev–Trinajstić information content (AvgIpc) is 2.09. The predicted molar refractivity (Wildman–Crippen MR) is 59.8 cm³/mol. The summed E-state index contributed by atoms with van der Waals surface area (Å²) < 4.78 is 0. The van der Waals surface area contributed by atoms with Crippen molar-refractivity contribution in [1.29, 1.82) is 0 Å². The molecule has 0 rings (SSSR count). The van der Waals surface area contributed by atoms with Gasteiger partial charge < -0.3 is 10.6 Å². The molecule has 0 saturated carbocycles. The van der Waals surface area contributed by atoms with Crippen LogP contribution in [0.1, 0.15) is 39.5 Å². The summed E-state index contributed by atoms with van der Waals surface area (Å²) in [4.78, 5) is 0. The van der Waals surface area contributed by atoms with Gasteiger partial charge in [-0.15, -0.1) is 0 Å². The molecule has 0 fully saturated rings. The zero-order chi connectivity index (χ0) is 9.94. The van der Waals surface area contributed by atoms with Crippen molar-refractivity contribution in [1.82, 2.24) is 10.6 Å². The van der Waals surface area contributed by atoms with E-state index in [1.807, 2.05) is 0 Å². The van der Waals surface area contributed by atoms with Crippen LogP contribution in [0.2, 0.25) is 0 Å². The van der Waals surface area contributed by atoms with Gasteiger partial charge in [0.05, 0.1) is 0 Å². The minimum atomic E-state index is 0.617. The molecule has 0 saturated heterocycles. The van der Waals surface area contributed by atoms with E-state index in [1.165, 1.54) is 19.3 Å². The van der Waals surface area contributed by atoms with Gasteiger partial charge in [0.2, 0.25) is 0 Å². The first-order valence-electron chi connectivity index (χ1n) is 5.50. The van der Waals surface area contributed by atoms with Crippen LogP contribution in [0.5, 0.6) is 0 Å². The zero-order valence-corrected chi connectivity index (χ0v) is 9.23. The number of hydrogen-bond acceptors (Lipinski definition) is 2. The summed E-state index contributed by atoms with van der Waals surface area (Å²) in [5.41, 5.74) is 0. The summed E-state index contributed by atoms with van der Waals surface area (Å²) in [6, 6.07) is 0.617. The van der Waals surface area contributed by atoms with Crippen LogP contribution in [0.3, 0.4) is 0 Å². The Morgan fingerprint density at radius 1 is 1.00 bits per heavy atom. The molecule has 0 unspecified atom stereocenters. The van der Waals surface area contributed by atoms with Gasteiger partial charge in [-0.3, -0.25) is 0 Å². The lowest BCUT2D eigenvalue weighted by Gasteiger charge is -2.08. The molecule has 0 spiro atoms. The van der Waals surface area contributed by atoms with Crippen LogP contribution in [0.4, 0.5) is 0 Å². The first-order valence-corrected chi connectivity index (χ1v) is 5.50. The fourth-order valence-electron chi connectivity index (χ4n) is 1.16. The van der Waals surface area contributed by atoms with Gasteiger partial charge in [-0.2, -0.15) is 0 Å². The Morgan fingerprint density at radius 3 is 2.31 bits per heavy atom. The minimum absolute atomic E-state index is 0.617. The predicted octanol–water partition coefficient (Wildman–Crippen LogP) is 1.97. The van der Waals surface area contributed by atoms with Gasteiger partial charge in [-0.05, 0) is 32.5 Å². The topological polar surface area (TPSA) is 24.1 Å². The molecule has 0 aliphatic carbocycles. The lowest BCUT2D eigenvalue weighted by atomic mass is 10.2. The van der Waals surface area contributed by atoms with Crippen LogP contribution >= 0.6 is 0 Å². The van der Waals surface area contributed by atoms with Crippen LogP contribution in [0.25, 0.3) is 0 Å². The van der Waals surface area contributed by atoms with Crippen LogP contribution in [-0.4, -0.2) is 25.7 Å². The first kappa shape index (κ1) is 12.9. The Labute approximate surface area is 83.5 Å². The highest BCUT2D eigenvalue weighted by atomic mass is 14.9. The van der Waals surface area contributed by atoms with Crippen molar-refractivity contribution in [2.75, 3.05) is 19.6 Å². The van der Waals surface area contributed by atoms with E-state index in [0.29, 0.717) is 6.04 Å². The molecule has 2 nitrogen and oxygen atoms in total. The third-order valence-corrected chi connectivity index (χ3v) is 1.94. The van der Waals surface area contributed by atoms with Gasteiger partial charge >= 0.3 is 0 Å². The molecule has 1 radical (unpaired) electrons. The summed E-state index contributed by atoms with van der Waals surface area (Å²) >= 11 is 0. The van der Waals surface area contributed by atoms with Gasteiger partial charge in [0.15, 0.2) is 0 Å². The average molecular weight is 185 g/mol. The Hall–Kier alpha value is -0.0800. The Kier molecular flexibility index (Phi) is 9.94. The quantitative estimate of drug-likeness (QED) is 0.537. The maximum Gasteiger partial charge on any atom is 0.00103 e. The second kappa shape index (κ2) is 10.0. The number of unbranched alkanes of at least 4 members (excludes halogenated alkanes) is 2. The fourth-order valence-corrected chi connectivity index (χ4v) is 1.16. The van der Waals surface area contributed by atoms with Crippen molar-refractivity contribution in [3.05, 3.63) is 6.92 Å². The van der Waals surface area contributed by atoms with Crippen LogP contribution in [-0.2, 0) is 0 Å². The molecule has 0 aromatic heterocycles. The van der Waals surface area contributed by atoms with Crippen molar-refractivity contribution >= 4 is 0 Å². The molecule has 0 heterocycles. The molecule has 0 aliphatic rings. The van der Waals surface area contributed by atoms with E-state index >= 15 is 0 Å². The Bertz CT molecular complexity index is 92.1. The van der Waals surface area contributed by atoms with E-state index in [9.17, 15) is 0 Å². The minimum Gasteiger partial charge on any atom is -0.317 e. The van der Waals surface area contributed by atoms with Crippen molar-refractivity contribution in [3.8, 4) is 0 Å². The number of nitrogens with one attached hydrogen (secondary N) is 2. The van der Waals surface area contributed by atoms with Gasteiger partial charge in [0.1, 0.15) is 0 Å².